The summed E-state index contributed by atoms with van der Waals surface area (Å²) >= 11 is 0. The quantitative estimate of drug-likeness (QED) is 0.450. The van der Waals surface area contributed by atoms with Crippen molar-refractivity contribution >= 4 is 23.9 Å². The number of carbonyl (C=O) groups excluding carboxylic acids is 4. The number of ether oxygens (including phenoxy) is 3. The lowest BCUT2D eigenvalue weighted by Crippen LogP contribution is -2.46. The third-order valence-corrected chi connectivity index (χ3v) is 3.88. The first-order valence-corrected chi connectivity index (χ1v) is 8.48. The van der Waals surface area contributed by atoms with Crippen LogP contribution in [0.2, 0.25) is 0 Å². The highest BCUT2D eigenvalue weighted by Crippen LogP contribution is 2.29. The molecule has 0 radical (unpaired) electrons. The lowest BCUT2D eigenvalue weighted by atomic mass is 10.1. The van der Waals surface area contributed by atoms with Gasteiger partial charge in [-0.25, -0.2) is 14.5 Å². The van der Waals surface area contributed by atoms with Gasteiger partial charge in [-0.15, -0.1) is 0 Å². The number of carbonyl (C=O) groups is 4. The number of esters is 2. The van der Waals surface area contributed by atoms with Crippen molar-refractivity contribution in [3.63, 3.8) is 0 Å². The zero-order valence-corrected chi connectivity index (χ0v) is 15.8. The van der Waals surface area contributed by atoms with Gasteiger partial charge in [-0.1, -0.05) is 30.3 Å². The highest BCUT2D eigenvalue weighted by molar-refractivity contribution is 6.08. The summed E-state index contributed by atoms with van der Waals surface area (Å²) in [4.78, 5) is 50.0. The molecule has 1 unspecified atom stereocenters. The fourth-order valence-electron chi connectivity index (χ4n) is 2.64. The van der Waals surface area contributed by atoms with E-state index in [9.17, 15) is 19.2 Å². The predicted molar refractivity (Wildman–Crippen MR) is 93.2 cm³/mol. The molecule has 1 heterocycles. The summed E-state index contributed by atoms with van der Waals surface area (Å²) in [5.74, 6) is -3.71. The Bertz CT molecular complexity index is 723. The SMILES string of the molecule is COC(=O)[C@@H]1CC(C(=O)OCc2ccccc2)C(=O)N1C(=O)OC(C)(C)C. The van der Waals surface area contributed by atoms with E-state index < -0.39 is 41.5 Å². The Labute approximate surface area is 157 Å². The average molecular weight is 377 g/mol. The number of amides is 2. The van der Waals surface area contributed by atoms with Crippen LogP contribution >= 0.6 is 0 Å². The monoisotopic (exact) mass is 377 g/mol. The zero-order chi connectivity index (χ0) is 20.2. The highest BCUT2D eigenvalue weighted by Gasteiger charge is 2.52. The number of methoxy groups -OCH3 is 1. The summed E-state index contributed by atoms with van der Waals surface area (Å²) < 4.78 is 15.0. The molecule has 146 valence electrons. The summed E-state index contributed by atoms with van der Waals surface area (Å²) in [7, 11) is 1.14. The second-order valence-electron chi connectivity index (χ2n) is 7.11. The first-order chi connectivity index (χ1) is 12.6. The molecule has 0 bridgehead atoms. The molecule has 2 atom stereocenters. The molecule has 2 rings (SSSR count). The fourth-order valence-corrected chi connectivity index (χ4v) is 2.64. The van der Waals surface area contributed by atoms with Gasteiger partial charge in [0.25, 0.3) is 0 Å². The van der Waals surface area contributed by atoms with Gasteiger partial charge in [-0.05, 0) is 26.3 Å². The molecule has 0 N–H and O–H groups in total. The van der Waals surface area contributed by atoms with E-state index in [0.29, 0.717) is 4.90 Å². The molecule has 27 heavy (non-hydrogen) atoms. The van der Waals surface area contributed by atoms with Gasteiger partial charge < -0.3 is 14.2 Å². The number of likely N-dealkylation sites (tertiary alicyclic amines) is 1. The second kappa shape index (κ2) is 8.20. The Morgan fingerprint density at radius 2 is 1.74 bits per heavy atom. The number of nitrogens with zero attached hydrogens (tertiary/aromatic N) is 1. The second-order valence-corrected chi connectivity index (χ2v) is 7.11. The Morgan fingerprint density at radius 1 is 1.11 bits per heavy atom. The third kappa shape index (κ3) is 5.06. The van der Waals surface area contributed by atoms with Crippen molar-refractivity contribution in [1.29, 1.82) is 0 Å². The van der Waals surface area contributed by atoms with E-state index in [2.05, 4.69) is 4.74 Å². The van der Waals surface area contributed by atoms with Crippen LogP contribution in [0.1, 0.15) is 32.8 Å². The van der Waals surface area contributed by atoms with Crippen molar-refractivity contribution < 1.29 is 33.4 Å². The first-order valence-electron chi connectivity index (χ1n) is 8.48. The summed E-state index contributed by atoms with van der Waals surface area (Å²) in [5, 5.41) is 0. The normalized spacial score (nSPS) is 19.6. The van der Waals surface area contributed by atoms with E-state index in [1.807, 2.05) is 6.07 Å². The minimum absolute atomic E-state index is 0.0151. The van der Waals surface area contributed by atoms with E-state index >= 15 is 0 Å². The van der Waals surface area contributed by atoms with Gasteiger partial charge >= 0.3 is 18.0 Å². The van der Waals surface area contributed by atoms with Crippen molar-refractivity contribution in [1.82, 2.24) is 4.90 Å². The topological polar surface area (TPSA) is 99.2 Å². The van der Waals surface area contributed by atoms with Crippen LogP contribution in [0.4, 0.5) is 4.79 Å². The molecule has 1 aromatic rings. The molecule has 1 saturated heterocycles. The molecular formula is C19H23NO7. The molecule has 8 heteroatoms. The van der Waals surface area contributed by atoms with E-state index in [0.717, 1.165) is 12.7 Å². The van der Waals surface area contributed by atoms with Crippen molar-refractivity contribution in [3.05, 3.63) is 35.9 Å². The van der Waals surface area contributed by atoms with Crippen LogP contribution < -0.4 is 0 Å². The van der Waals surface area contributed by atoms with Crippen LogP contribution in [-0.4, -0.2) is 47.6 Å². The van der Waals surface area contributed by atoms with Crippen molar-refractivity contribution in [2.75, 3.05) is 7.11 Å². The van der Waals surface area contributed by atoms with Gasteiger partial charge in [-0.3, -0.25) is 9.59 Å². The van der Waals surface area contributed by atoms with Gasteiger partial charge in [0.05, 0.1) is 7.11 Å². The van der Waals surface area contributed by atoms with E-state index in [-0.39, 0.29) is 13.0 Å². The molecule has 0 aromatic heterocycles. The molecule has 0 spiro atoms. The van der Waals surface area contributed by atoms with Crippen molar-refractivity contribution in [2.24, 2.45) is 5.92 Å². The van der Waals surface area contributed by atoms with E-state index in [1.165, 1.54) is 0 Å². The van der Waals surface area contributed by atoms with Crippen LogP contribution in [0.5, 0.6) is 0 Å². The maximum atomic E-state index is 12.6. The lowest BCUT2D eigenvalue weighted by molar-refractivity contribution is -0.154. The minimum atomic E-state index is -1.27. The number of hydrogen-bond acceptors (Lipinski definition) is 7. The molecule has 2 amide bonds. The highest BCUT2D eigenvalue weighted by atomic mass is 16.6. The number of benzene rings is 1. The van der Waals surface area contributed by atoms with Gasteiger partial charge in [0, 0.05) is 6.42 Å². The number of hydrogen-bond donors (Lipinski definition) is 0. The predicted octanol–water partition coefficient (Wildman–Crippen LogP) is 2.05. The van der Waals surface area contributed by atoms with Gasteiger partial charge in [-0.2, -0.15) is 0 Å². The molecule has 1 aliphatic heterocycles. The molecular weight excluding hydrogens is 354 g/mol. The van der Waals surface area contributed by atoms with Crippen LogP contribution in [0.3, 0.4) is 0 Å². The summed E-state index contributed by atoms with van der Waals surface area (Å²) in [5.41, 5.74) is -0.117. The molecule has 1 fully saturated rings. The van der Waals surface area contributed by atoms with Gasteiger partial charge in [0.15, 0.2) is 0 Å². The number of imide groups is 1. The van der Waals surface area contributed by atoms with Gasteiger partial charge in [0.2, 0.25) is 5.91 Å². The Balaban J connectivity index is 2.13. The summed E-state index contributed by atoms with van der Waals surface area (Å²) in [6.45, 7) is 4.87. The molecule has 8 nitrogen and oxygen atoms in total. The standard InChI is InChI=1S/C19H23NO7/c1-19(2,3)27-18(24)20-14(17(23)25-4)10-13(15(20)21)16(22)26-11-12-8-6-5-7-9-12/h5-9,13-14H,10-11H2,1-4H3/t13?,14-/m0/s1. The molecule has 1 aromatic carbocycles. The Morgan fingerprint density at radius 3 is 2.30 bits per heavy atom. The van der Waals surface area contributed by atoms with Crippen LogP contribution in [0.25, 0.3) is 0 Å². The fraction of sp³-hybridized carbons (Fsp3) is 0.474. The molecule has 0 saturated carbocycles. The van der Waals surface area contributed by atoms with E-state index in [1.54, 1.807) is 45.0 Å². The zero-order valence-electron chi connectivity index (χ0n) is 15.8. The molecule has 1 aliphatic rings. The molecule has 0 aliphatic carbocycles. The average Bonchev–Trinajstić information content (AvgIpc) is 2.96. The van der Waals surface area contributed by atoms with Crippen LogP contribution in [0, 0.1) is 5.92 Å². The van der Waals surface area contributed by atoms with E-state index in [4.69, 9.17) is 9.47 Å². The van der Waals surface area contributed by atoms with Gasteiger partial charge in [0.1, 0.15) is 24.2 Å². The summed E-state index contributed by atoms with van der Waals surface area (Å²) in [6.07, 6.45) is -1.21. The van der Waals surface area contributed by atoms with Crippen LogP contribution in [-0.2, 0) is 35.2 Å². The smallest absolute Gasteiger partial charge is 0.417 e. The maximum absolute atomic E-state index is 12.6. The summed E-state index contributed by atoms with van der Waals surface area (Å²) in [6, 6.07) is 7.72. The lowest BCUT2D eigenvalue weighted by Gasteiger charge is -2.26. The Kier molecular flexibility index (Phi) is 6.20. The Hall–Kier alpha value is -2.90. The minimum Gasteiger partial charge on any atom is -0.467 e. The number of rotatable bonds is 4. The van der Waals surface area contributed by atoms with Crippen molar-refractivity contribution in [3.8, 4) is 0 Å². The van der Waals surface area contributed by atoms with Crippen LogP contribution in [0.15, 0.2) is 30.3 Å². The van der Waals surface area contributed by atoms with Crippen molar-refractivity contribution in [2.45, 2.75) is 45.4 Å². The maximum Gasteiger partial charge on any atom is 0.417 e. The largest absolute Gasteiger partial charge is 0.467 e. The first kappa shape index (κ1) is 20.4. The third-order valence-electron chi connectivity index (χ3n) is 3.88.